The van der Waals surface area contributed by atoms with Gasteiger partial charge in [-0.1, -0.05) is 44.0 Å². The molecule has 0 unspecified atom stereocenters. The van der Waals surface area contributed by atoms with Gasteiger partial charge in [0.1, 0.15) is 22.8 Å². The number of aromatic amines is 1. The van der Waals surface area contributed by atoms with Crippen LogP contribution < -0.4 is 19.7 Å². The first-order valence-corrected chi connectivity index (χ1v) is 24.0. The fourth-order valence-electron chi connectivity index (χ4n) is 8.98. The number of aromatic nitrogens is 2. The molecule has 2 aromatic heterocycles. The molecule has 1 atom stereocenters. The van der Waals surface area contributed by atoms with Crippen LogP contribution in [-0.2, 0) is 20.9 Å². The molecule has 0 spiro atoms. The van der Waals surface area contributed by atoms with E-state index in [4.69, 9.17) is 21.1 Å². The number of rotatable bonds is 14. The maximum Gasteiger partial charge on any atom is 0.416 e. The highest BCUT2D eigenvalue weighted by molar-refractivity contribution is 7.90. The van der Waals surface area contributed by atoms with Gasteiger partial charge in [-0.2, -0.15) is 13.2 Å². The van der Waals surface area contributed by atoms with Crippen molar-refractivity contribution in [1.82, 2.24) is 24.5 Å². The third-order valence-corrected chi connectivity index (χ3v) is 14.4. The first kappa shape index (κ1) is 47.8. The van der Waals surface area contributed by atoms with Crippen molar-refractivity contribution in [3.63, 3.8) is 0 Å². The first-order chi connectivity index (χ1) is 31.9. The highest BCUT2D eigenvalue weighted by atomic mass is 35.5. The number of alkyl halides is 3. The van der Waals surface area contributed by atoms with E-state index in [-0.39, 0.29) is 33.5 Å². The molecule has 3 aromatic carbocycles. The van der Waals surface area contributed by atoms with Crippen LogP contribution in [0.2, 0.25) is 5.02 Å². The average Bonchev–Trinajstić information content (AvgIpc) is 3.77. The summed E-state index contributed by atoms with van der Waals surface area (Å²) in [4.78, 5) is 39.0. The Labute approximate surface area is 391 Å². The second-order valence-corrected chi connectivity index (χ2v) is 19.9. The van der Waals surface area contributed by atoms with Crippen LogP contribution >= 0.6 is 11.6 Å². The molecule has 3 N–H and O–H groups in total. The van der Waals surface area contributed by atoms with E-state index < -0.39 is 43.2 Å². The van der Waals surface area contributed by atoms with Crippen molar-refractivity contribution >= 4 is 61.2 Å². The van der Waals surface area contributed by atoms with Crippen LogP contribution in [0.4, 0.5) is 30.2 Å². The smallest absolute Gasteiger partial charge is 0.416 e. The number of morpholine rings is 1. The number of nitro groups is 1. The highest BCUT2D eigenvalue weighted by Crippen LogP contribution is 2.46. The lowest BCUT2D eigenvalue weighted by molar-refractivity contribution is -0.384. The number of benzene rings is 3. The van der Waals surface area contributed by atoms with Gasteiger partial charge in [0, 0.05) is 80.2 Å². The Morgan fingerprint density at radius 3 is 2.58 bits per heavy atom. The van der Waals surface area contributed by atoms with Crippen LogP contribution in [0, 0.1) is 15.5 Å². The summed E-state index contributed by atoms with van der Waals surface area (Å²) in [6, 6.07) is 15.4. The summed E-state index contributed by atoms with van der Waals surface area (Å²) in [5.41, 5.74) is 2.80. The van der Waals surface area contributed by atoms with Gasteiger partial charge in [-0.3, -0.25) is 24.7 Å². The molecule has 20 heteroatoms. The van der Waals surface area contributed by atoms with Crippen LogP contribution in [0.15, 0.2) is 89.6 Å². The van der Waals surface area contributed by atoms with Crippen molar-refractivity contribution in [2.45, 2.75) is 57.1 Å². The van der Waals surface area contributed by atoms with E-state index in [9.17, 15) is 36.5 Å². The van der Waals surface area contributed by atoms with E-state index in [1.54, 1.807) is 30.5 Å². The second kappa shape index (κ2) is 19.5. The van der Waals surface area contributed by atoms with Gasteiger partial charge in [-0.15, -0.1) is 0 Å². The zero-order chi connectivity index (χ0) is 47.7. The van der Waals surface area contributed by atoms with Gasteiger partial charge < -0.3 is 24.7 Å². The van der Waals surface area contributed by atoms with E-state index >= 15 is 0 Å². The number of carbonyl (C=O) groups is 1. The monoisotopic (exact) mass is 964 g/mol. The van der Waals surface area contributed by atoms with E-state index in [0.29, 0.717) is 81.6 Å². The minimum absolute atomic E-state index is 0.0356. The van der Waals surface area contributed by atoms with Crippen molar-refractivity contribution in [3.05, 3.63) is 117 Å². The molecule has 67 heavy (non-hydrogen) atoms. The van der Waals surface area contributed by atoms with Crippen molar-refractivity contribution in [2.24, 2.45) is 5.41 Å². The van der Waals surface area contributed by atoms with Gasteiger partial charge in [0.2, 0.25) is 0 Å². The molecule has 2 fully saturated rings. The molecule has 2 aliphatic heterocycles. The Kier molecular flexibility index (Phi) is 13.9. The van der Waals surface area contributed by atoms with Crippen molar-refractivity contribution in [2.75, 3.05) is 75.8 Å². The summed E-state index contributed by atoms with van der Waals surface area (Å²) >= 11 is 6.54. The molecule has 0 radical (unpaired) electrons. The molecule has 15 nitrogen and oxygen atoms in total. The number of anilines is 2. The number of pyridine rings is 1. The molecular formula is C47H52ClF3N8O7S. The Morgan fingerprint density at radius 2 is 1.85 bits per heavy atom. The maximum atomic E-state index is 14.0. The maximum absolute atomic E-state index is 14.0. The lowest BCUT2D eigenvalue weighted by atomic mass is 9.72. The van der Waals surface area contributed by atoms with Gasteiger partial charge in [0.05, 0.1) is 46.4 Å². The quantitative estimate of drug-likeness (QED) is 0.0713. The van der Waals surface area contributed by atoms with Crippen molar-refractivity contribution < 1.29 is 40.8 Å². The number of likely N-dealkylation sites (N-methyl/N-ethyl adjacent to an activating group) is 1. The predicted molar refractivity (Wildman–Crippen MR) is 250 cm³/mol. The lowest BCUT2D eigenvalue weighted by Gasteiger charge is -2.39. The third-order valence-electron chi connectivity index (χ3n) is 12.8. The number of nitro benzene ring substituents is 1. The number of carbonyl (C=O) groups excluding carboxylic acids is 1. The number of fused-ring (bicyclic) bond motifs is 1. The Hall–Kier alpha value is -5.73. The second-order valence-electron chi connectivity index (χ2n) is 17.9. The summed E-state index contributed by atoms with van der Waals surface area (Å²) in [6.45, 7) is 12.3. The Morgan fingerprint density at radius 1 is 1.06 bits per heavy atom. The number of piperazine rings is 1. The molecule has 2 saturated heterocycles. The topological polar surface area (TPSA) is 175 Å². The molecule has 1 amide bonds. The average molecular weight is 965 g/mol. The van der Waals surface area contributed by atoms with Crippen LogP contribution in [0.3, 0.4) is 0 Å². The standard InChI is InChI=1S/C47H52ClF3N8O7S/c1-4-57-19-20-65-29-34(57)26-53-41-10-7-36(24-42(41)59(61)62)67(63,64)55-45(60)38-9-6-33(23-43(38)66-35-21-30-12-14-52-44(30)54-27-35)58-17-15-56(16-18-58)28-31-11-13-46(2,3)25-39(31)37-8-5-32(22-40(37)48)47(49,50)51/h5-10,12,14,21-24,27,34,53H,4,11,13,15-20,25-26,28-29H2,1-3H3,(H,52,54)(H,55,60)/t34-/m0/s1. The SMILES string of the molecule is CCN1CCOC[C@@H]1CNc1ccc(S(=O)(=O)NC(=O)c2ccc(N3CCN(CC4=C(c5ccc(C(F)(F)F)cc5Cl)CC(C)(C)CC4)CC3)cc2Oc2cnc3[nH]ccc3c2)cc1[N+](=O)[O-]. The van der Waals surface area contributed by atoms with Crippen LogP contribution in [0.1, 0.15) is 61.5 Å². The number of allylic oxidation sites excluding steroid dienone is 1. The first-order valence-electron chi connectivity index (χ1n) is 22.1. The van der Waals surface area contributed by atoms with Crippen LogP contribution in [0.5, 0.6) is 11.5 Å². The van der Waals surface area contributed by atoms with Crippen molar-refractivity contribution in [1.29, 1.82) is 0 Å². The number of ether oxygens (including phenoxy) is 2. The summed E-state index contributed by atoms with van der Waals surface area (Å²) in [7, 11) is -4.63. The van der Waals surface area contributed by atoms with Gasteiger partial charge in [-0.05, 0) is 90.9 Å². The van der Waals surface area contributed by atoms with Gasteiger partial charge in [0.25, 0.3) is 21.6 Å². The third kappa shape index (κ3) is 11.0. The van der Waals surface area contributed by atoms with E-state index in [1.165, 1.54) is 30.5 Å². The minimum Gasteiger partial charge on any atom is -0.455 e. The molecule has 8 rings (SSSR count). The number of sulfonamides is 1. The number of H-pyrrole nitrogens is 1. The number of nitrogens with zero attached hydrogens (tertiary/aromatic N) is 5. The summed E-state index contributed by atoms with van der Waals surface area (Å²) < 4.78 is 82.0. The highest BCUT2D eigenvalue weighted by Gasteiger charge is 2.34. The van der Waals surface area contributed by atoms with Gasteiger partial charge in [0.15, 0.2) is 0 Å². The van der Waals surface area contributed by atoms with Gasteiger partial charge in [-0.25, -0.2) is 18.1 Å². The Balaban J connectivity index is 1.00. The zero-order valence-electron chi connectivity index (χ0n) is 37.3. The summed E-state index contributed by atoms with van der Waals surface area (Å²) in [5, 5.41) is 16.1. The van der Waals surface area contributed by atoms with Crippen LogP contribution in [0.25, 0.3) is 16.6 Å². The minimum atomic E-state index is -4.63. The largest absolute Gasteiger partial charge is 0.455 e. The molecule has 1 aliphatic carbocycles. The Bertz CT molecular complexity index is 2810. The van der Waals surface area contributed by atoms with Crippen LogP contribution in [-0.4, -0.2) is 111 Å². The number of hydrogen-bond acceptors (Lipinski definition) is 12. The molecule has 0 bridgehead atoms. The molecule has 4 heterocycles. The van der Waals surface area contributed by atoms with Crippen molar-refractivity contribution in [3.8, 4) is 11.5 Å². The van der Waals surface area contributed by atoms with Gasteiger partial charge >= 0.3 is 6.18 Å². The lowest BCUT2D eigenvalue weighted by Crippen LogP contribution is -2.48. The van der Waals surface area contributed by atoms with E-state index in [0.717, 1.165) is 60.7 Å². The fourth-order valence-corrected chi connectivity index (χ4v) is 10.3. The number of amides is 1. The molecule has 3 aliphatic rings. The number of hydrogen-bond donors (Lipinski definition) is 3. The zero-order valence-corrected chi connectivity index (χ0v) is 38.9. The summed E-state index contributed by atoms with van der Waals surface area (Å²) in [5.74, 6) is -0.674. The molecule has 0 saturated carbocycles. The fraction of sp³-hybridized carbons (Fsp3) is 0.404. The number of halogens is 4. The van der Waals surface area contributed by atoms with E-state index in [1.807, 2.05) is 6.92 Å². The molecule has 356 valence electrons. The predicted octanol–water partition coefficient (Wildman–Crippen LogP) is 8.97. The number of nitrogens with one attached hydrogen (secondary N) is 3. The summed E-state index contributed by atoms with van der Waals surface area (Å²) in [6.07, 6.45) is 1.10. The molecule has 5 aromatic rings. The van der Waals surface area contributed by atoms with E-state index in [2.05, 4.69) is 48.6 Å². The molecular weight excluding hydrogens is 913 g/mol. The normalized spacial score (nSPS) is 18.6.